The van der Waals surface area contributed by atoms with Crippen LogP contribution in [-0.2, 0) is 4.79 Å². The minimum atomic E-state index is -0.712. The van der Waals surface area contributed by atoms with Crippen LogP contribution in [0.2, 0.25) is 0 Å². The van der Waals surface area contributed by atoms with Crippen molar-refractivity contribution >= 4 is 33.0 Å². The van der Waals surface area contributed by atoms with E-state index in [0.29, 0.717) is 18.7 Å². The number of rotatable bonds is 2. The maximum absolute atomic E-state index is 10.9. The van der Waals surface area contributed by atoms with Crippen molar-refractivity contribution in [2.24, 2.45) is 5.92 Å². The molecule has 5 heteroatoms. The number of carboxylic acids is 1. The molecule has 2 unspecified atom stereocenters. The second-order valence-electron chi connectivity index (χ2n) is 4.71. The van der Waals surface area contributed by atoms with Gasteiger partial charge >= 0.3 is 5.97 Å². The van der Waals surface area contributed by atoms with E-state index in [2.05, 4.69) is 20.9 Å². The Labute approximate surface area is 112 Å². The first-order valence-corrected chi connectivity index (χ1v) is 6.71. The zero-order valence-electron chi connectivity index (χ0n) is 9.60. The number of hydrogen-bond acceptors (Lipinski definition) is 3. The Bertz CT molecular complexity index is 607. The number of aliphatic carboxylic acids is 1. The van der Waals surface area contributed by atoms with Crippen LogP contribution in [0.3, 0.4) is 0 Å². The molecule has 1 aliphatic carbocycles. The number of aromatic nitrogens is 1. The highest BCUT2D eigenvalue weighted by atomic mass is 79.9. The van der Waals surface area contributed by atoms with E-state index in [1.807, 2.05) is 18.2 Å². The average molecular weight is 310 g/mol. The lowest BCUT2D eigenvalue weighted by molar-refractivity contribution is -0.141. The summed E-state index contributed by atoms with van der Waals surface area (Å²) < 4.78 is 6.67. The fraction of sp³-hybridized carbons (Fsp3) is 0.385. The van der Waals surface area contributed by atoms with Gasteiger partial charge in [0.05, 0.1) is 5.92 Å². The van der Waals surface area contributed by atoms with Gasteiger partial charge in [0, 0.05) is 10.4 Å². The maximum atomic E-state index is 10.9. The van der Waals surface area contributed by atoms with Gasteiger partial charge in [0.1, 0.15) is 5.52 Å². The largest absolute Gasteiger partial charge is 0.481 e. The molecule has 0 radical (unpaired) electrons. The van der Waals surface area contributed by atoms with Gasteiger partial charge in [-0.2, -0.15) is 0 Å². The minimum Gasteiger partial charge on any atom is -0.481 e. The zero-order chi connectivity index (χ0) is 12.7. The van der Waals surface area contributed by atoms with E-state index in [-0.39, 0.29) is 11.8 Å². The van der Waals surface area contributed by atoms with Crippen LogP contribution in [0.5, 0.6) is 0 Å². The molecule has 18 heavy (non-hydrogen) atoms. The highest BCUT2D eigenvalue weighted by Gasteiger charge is 2.33. The lowest BCUT2D eigenvalue weighted by atomic mass is 10.1. The molecular formula is C13H12BrNO3. The first-order chi connectivity index (χ1) is 8.63. The van der Waals surface area contributed by atoms with Crippen molar-refractivity contribution in [2.45, 2.75) is 25.2 Å². The molecule has 0 aliphatic heterocycles. The van der Waals surface area contributed by atoms with Crippen LogP contribution >= 0.6 is 15.9 Å². The van der Waals surface area contributed by atoms with E-state index >= 15 is 0 Å². The lowest BCUT2D eigenvalue weighted by Crippen LogP contribution is -2.09. The van der Waals surface area contributed by atoms with E-state index in [4.69, 9.17) is 9.52 Å². The number of carbonyl (C=O) groups is 1. The van der Waals surface area contributed by atoms with Gasteiger partial charge < -0.3 is 9.52 Å². The molecule has 0 spiro atoms. The molecule has 4 nitrogen and oxygen atoms in total. The number of hydrogen-bond donors (Lipinski definition) is 1. The van der Waals surface area contributed by atoms with Gasteiger partial charge in [-0.3, -0.25) is 4.79 Å². The molecule has 1 N–H and O–H groups in total. The first kappa shape index (κ1) is 11.7. The average Bonchev–Trinajstić information content (AvgIpc) is 2.93. The van der Waals surface area contributed by atoms with E-state index in [1.54, 1.807) is 0 Å². The molecule has 2 atom stereocenters. The Morgan fingerprint density at radius 2 is 2.28 bits per heavy atom. The Kier molecular flexibility index (Phi) is 2.86. The summed E-state index contributed by atoms with van der Waals surface area (Å²) in [5.41, 5.74) is 1.57. The lowest BCUT2D eigenvalue weighted by Gasteiger charge is -2.03. The van der Waals surface area contributed by atoms with E-state index in [0.717, 1.165) is 22.0 Å². The van der Waals surface area contributed by atoms with Crippen LogP contribution in [0.4, 0.5) is 0 Å². The summed E-state index contributed by atoms with van der Waals surface area (Å²) in [5, 5.41) is 9.00. The quantitative estimate of drug-likeness (QED) is 0.921. The highest BCUT2D eigenvalue weighted by molar-refractivity contribution is 9.10. The topological polar surface area (TPSA) is 63.3 Å². The van der Waals surface area contributed by atoms with Crippen molar-refractivity contribution in [3.8, 4) is 0 Å². The maximum Gasteiger partial charge on any atom is 0.306 e. The fourth-order valence-electron chi connectivity index (χ4n) is 2.52. The van der Waals surface area contributed by atoms with Crippen molar-refractivity contribution in [3.63, 3.8) is 0 Å². The number of halogens is 1. The number of nitrogens with zero attached hydrogens (tertiary/aromatic N) is 1. The van der Waals surface area contributed by atoms with Crippen LogP contribution in [0.15, 0.2) is 27.1 Å². The van der Waals surface area contributed by atoms with Crippen molar-refractivity contribution < 1.29 is 14.3 Å². The van der Waals surface area contributed by atoms with Gasteiger partial charge in [-0.15, -0.1) is 0 Å². The third-order valence-corrected chi connectivity index (χ3v) is 3.99. The van der Waals surface area contributed by atoms with Gasteiger partial charge in [0.25, 0.3) is 0 Å². The third kappa shape index (κ3) is 2.03. The van der Waals surface area contributed by atoms with Gasteiger partial charge in [-0.25, -0.2) is 4.98 Å². The Morgan fingerprint density at radius 3 is 3.00 bits per heavy atom. The number of oxazole rings is 1. The van der Waals surface area contributed by atoms with Crippen molar-refractivity contribution in [2.75, 3.05) is 0 Å². The summed E-state index contributed by atoms with van der Waals surface area (Å²) in [6.07, 6.45) is 2.18. The monoisotopic (exact) mass is 309 g/mol. The second-order valence-corrected chi connectivity index (χ2v) is 5.62. The predicted molar refractivity (Wildman–Crippen MR) is 69.4 cm³/mol. The summed E-state index contributed by atoms with van der Waals surface area (Å²) >= 11 is 3.39. The molecule has 1 aromatic carbocycles. The molecular weight excluding hydrogens is 298 g/mol. The molecule has 3 rings (SSSR count). The van der Waals surface area contributed by atoms with Crippen LogP contribution in [-0.4, -0.2) is 16.1 Å². The Hall–Kier alpha value is -1.36. The van der Waals surface area contributed by atoms with Crippen molar-refractivity contribution in [3.05, 3.63) is 28.6 Å². The molecule has 0 amide bonds. The molecule has 1 aromatic heterocycles. The van der Waals surface area contributed by atoms with Crippen molar-refractivity contribution in [1.29, 1.82) is 0 Å². The van der Waals surface area contributed by atoms with Crippen molar-refractivity contribution in [1.82, 2.24) is 4.98 Å². The van der Waals surface area contributed by atoms with Gasteiger partial charge in [0.2, 0.25) is 0 Å². The summed E-state index contributed by atoms with van der Waals surface area (Å²) in [4.78, 5) is 15.4. The van der Waals surface area contributed by atoms with E-state index in [9.17, 15) is 4.79 Å². The first-order valence-electron chi connectivity index (χ1n) is 5.92. The fourth-order valence-corrected chi connectivity index (χ4v) is 2.87. The van der Waals surface area contributed by atoms with Crippen LogP contribution in [0, 0.1) is 5.92 Å². The highest BCUT2D eigenvalue weighted by Crippen LogP contribution is 2.39. The van der Waals surface area contributed by atoms with Crippen LogP contribution in [0.25, 0.3) is 11.1 Å². The van der Waals surface area contributed by atoms with E-state index < -0.39 is 5.97 Å². The van der Waals surface area contributed by atoms with Gasteiger partial charge in [0.15, 0.2) is 11.5 Å². The summed E-state index contributed by atoms with van der Waals surface area (Å²) in [7, 11) is 0. The van der Waals surface area contributed by atoms with Crippen LogP contribution in [0.1, 0.15) is 31.1 Å². The molecule has 1 heterocycles. The Morgan fingerprint density at radius 1 is 1.44 bits per heavy atom. The molecule has 1 fully saturated rings. The summed E-state index contributed by atoms with van der Waals surface area (Å²) in [6, 6.07) is 5.69. The summed E-state index contributed by atoms with van der Waals surface area (Å²) in [6.45, 7) is 0. The smallest absolute Gasteiger partial charge is 0.306 e. The summed E-state index contributed by atoms with van der Waals surface area (Å²) in [5.74, 6) is -0.155. The van der Waals surface area contributed by atoms with Gasteiger partial charge in [-0.1, -0.05) is 15.9 Å². The van der Waals surface area contributed by atoms with Crippen LogP contribution < -0.4 is 0 Å². The Balaban J connectivity index is 1.89. The van der Waals surface area contributed by atoms with E-state index in [1.165, 1.54) is 0 Å². The SMILES string of the molecule is O=C(O)C1CCC(c2nc3cc(Br)ccc3o2)C1. The molecule has 1 saturated carbocycles. The third-order valence-electron chi connectivity index (χ3n) is 3.50. The number of benzene rings is 1. The second kappa shape index (κ2) is 4.39. The molecule has 1 aliphatic rings. The number of fused-ring (bicyclic) bond motifs is 1. The number of carboxylic acid groups (broad SMARTS) is 1. The molecule has 94 valence electrons. The van der Waals surface area contributed by atoms with Gasteiger partial charge in [-0.05, 0) is 37.5 Å². The molecule has 2 aromatic rings. The minimum absolute atomic E-state index is 0.136. The standard InChI is InChI=1S/C13H12BrNO3/c14-9-3-4-11-10(6-9)15-12(18-11)7-1-2-8(5-7)13(16)17/h3-4,6-8H,1-2,5H2,(H,16,17). The molecule has 0 bridgehead atoms. The normalized spacial score (nSPS) is 23.6. The zero-order valence-corrected chi connectivity index (χ0v) is 11.2. The molecule has 0 saturated heterocycles. The predicted octanol–water partition coefficient (Wildman–Crippen LogP) is 3.56.